The molecule has 0 unspecified atom stereocenters. The van der Waals surface area contributed by atoms with Gasteiger partial charge in [-0.15, -0.1) is 11.3 Å². The van der Waals surface area contributed by atoms with Crippen LogP contribution in [0.1, 0.15) is 12.8 Å². The molecule has 1 fully saturated rings. The molecule has 0 saturated carbocycles. The van der Waals surface area contributed by atoms with Gasteiger partial charge in [0.15, 0.2) is 5.13 Å². The van der Waals surface area contributed by atoms with Gasteiger partial charge in [0.05, 0.1) is 22.9 Å². The first kappa shape index (κ1) is 19.6. The van der Waals surface area contributed by atoms with Crippen LogP contribution < -0.4 is 5.32 Å². The van der Waals surface area contributed by atoms with Crippen molar-refractivity contribution in [2.45, 2.75) is 12.8 Å². The highest BCUT2D eigenvalue weighted by Gasteiger charge is 2.30. The van der Waals surface area contributed by atoms with Gasteiger partial charge in [0, 0.05) is 29.1 Å². The number of hydrogen-bond donors (Lipinski definition) is 1. The Morgan fingerprint density at radius 2 is 2.15 bits per heavy atom. The molecule has 140 valence electrons. The number of sulfonamides is 1. The van der Waals surface area contributed by atoms with E-state index in [0.717, 1.165) is 11.8 Å². The van der Waals surface area contributed by atoms with E-state index >= 15 is 0 Å². The van der Waals surface area contributed by atoms with Crippen LogP contribution in [0.3, 0.4) is 0 Å². The SMILES string of the molecule is CS(=O)(=O)N1CCC[C@@H](C(=O)Nc2nc(-c3ccc(Cl)cc3Cl)cs2)C1. The summed E-state index contributed by atoms with van der Waals surface area (Å²) >= 11 is 13.4. The number of anilines is 1. The van der Waals surface area contributed by atoms with Gasteiger partial charge in [-0.2, -0.15) is 0 Å². The number of benzene rings is 1. The second-order valence-electron chi connectivity index (χ2n) is 6.11. The molecule has 1 amide bonds. The molecular formula is C16H17Cl2N3O3S2. The van der Waals surface area contributed by atoms with Crippen LogP contribution in [0.5, 0.6) is 0 Å². The van der Waals surface area contributed by atoms with E-state index in [1.165, 1.54) is 15.6 Å². The number of aromatic nitrogens is 1. The molecule has 1 aliphatic rings. The molecule has 0 bridgehead atoms. The lowest BCUT2D eigenvalue weighted by Gasteiger charge is -2.29. The van der Waals surface area contributed by atoms with Gasteiger partial charge >= 0.3 is 0 Å². The van der Waals surface area contributed by atoms with Crippen LogP contribution in [0.2, 0.25) is 10.0 Å². The number of carbonyl (C=O) groups excluding carboxylic acids is 1. The molecule has 2 heterocycles. The Bertz CT molecular complexity index is 931. The third-order valence-electron chi connectivity index (χ3n) is 4.17. The van der Waals surface area contributed by atoms with E-state index in [-0.39, 0.29) is 18.4 Å². The van der Waals surface area contributed by atoms with E-state index in [9.17, 15) is 13.2 Å². The van der Waals surface area contributed by atoms with E-state index in [1.807, 2.05) is 0 Å². The zero-order chi connectivity index (χ0) is 18.9. The van der Waals surface area contributed by atoms with Crippen LogP contribution in [0.25, 0.3) is 11.3 Å². The number of carbonyl (C=O) groups is 1. The molecule has 26 heavy (non-hydrogen) atoms. The Balaban J connectivity index is 1.70. The first-order valence-electron chi connectivity index (χ1n) is 7.91. The van der Waals surface area contributed by atoms with Crippen molar-refractivity contribution in [3.8, 4) is 11.3 Å². The van der Waals surface area contributed by atoms with Gasteiger partial charge in [0.25, 0.3) is 0 Å². The predicted molar refractivity (Wildman–Crippen MR) is 105 cm³/mol. The lowest BCUT2D eigenvalue weighted by atomic mass is 9.99. The minimum absolute atomic E-state index is 0.200. The lowest BCUT2D eigenvalue weighted by molar-refractivity contribution is -0.120. The third kappa shape index (κ3) is 4.55. The molecular weight excluding hydrogens is 417 g/mol. The van der Waals surface area contributed by atoms with Gasteiger partial charge in [-0.05, 0) is 31.0 Å². The smallest absolute Gasteiger partial charge is 0.230 e. The number of halogens is 2. The molecule has 0 aliphatic carbocycles. The molecule has 1 aliphatic heterocycles. The number of hydrogen-bond acceptors (Lipinski definition) is 5. The van der Waals surface area contributed by atoms with Crippen molar-refractivity contribution < 1.29 is 13.2 Å². The van der Waals surface area contributed by atoms with Crippen LogP contribution in [0.15, 0.2) is 23.6 Å². The molecule has 6 nitrogen and oxygen atoms in total. The molecule has 0 radical (unpaired) electrons. The molecule has 0 spiro atoms. The highest BCUT2D eigenvalue weighted by molar-refractivity contribution is 7.88. The van der Waals surface area contributed by atoms with Crippen LogP contribution in [-0.4, -0.2) is 43.0 Å². The van der Waals surface area contributed by atoms with Crippen LogP contribution in [0.4, 0.5) is 5.13 Å². The van der Waals surface area contributed by atoms with Crippen molar-refractivity contribution in [1.29, 1.82) is 0 Å². The summed E-state index contributed by atoms with van der Waals surface area (Å²) in [4.78, 5) is 16.9. The molecule has 1 N–H and O–H groups in total. The van der Waals surface area contributed by atoms with E-state index in [2.05, 4.69) is 10.3 Å². The maximum Gasteiger partial charge on any atom is 0.230 e. The van der Waals surface area contributed by atoms with Crippen LogP contribution in [0, 0.1) is 5.92 Å². The largest absolute Gasteiger partial charge is 0.302 e. The first-order chi connectivity index (χ1) is 12.2. The summed E-state index contributed by atoms with van der Waals surface area (Å²) < 4.78 is 24.7. The molecule has 1 saturated heterocycles. The second kappa shape index (κ2) is 7.82. The standard InChI is InChI=1S/C16H17Cl2N3O3S2/c1-26(23,24)21-6-2-3-10(8-21)15(22)20-16-19-14(9-25-16)12-5-4-11(17)7-13(12)18/h4-5,7,9-10H,2-3,6,8H2,1H3,(H,19,20,22)/t10-/m1/s1. The fourth-order valence-electron chi connectivity index (χ4n) is 2.82. The van der Waals surface area contributed by atoms with E-state index < -0.39 is 10.0 Å². The molecule has 10 heteroatoms. The average molecular weight is 434 g/mol. The summed E-state index contributed by atoms with van der Waals surface area (Å²) in [7, 11) is -3.29. The predicted octanol–water partition coefficient (Wildman–Crippen LogP) is 3.73. The summed E-state index contributed by atoms with van der Waals surface area (Å²) in [5.74, 6) is -0.605. The van der Waals surface area contributed by atoms with Gasteiger partial charge in [-0.25, -0.2) is 17.7 Å². The Labute approximate surface area is 166 Å². The molecule has 2 aromatic rings. The fourth-order valence-corrected chi connectivity index (χ4v) is 4.95. The van der Waals surface area contributed by atoms with Gasteiger partial charge < -0.3 is 5.32 Å². The highest BCUT2D eigenvalue weighted by Crippen LogP contribution is 2.32. The maximum atomic E-state index is 12.5. The number of thiazole rings is 1. The molecule has 1 atom stereocenters. The number of rotatable bonds is 4. The number of nitrogens with zero attached hydrogens (tertiary/aromatic N) is 2. The van der Waals surface area contributed by atoms with E-state index in [4.69, 9.17) is 23.2 Å². The molecule has 3 rings (SSSR count). The van der Waals surface area contributed by atoms with Crippen LogP contribution in [-0.2, 0) is 14.8 Å². The van der Waals surface area contributed by atoms with Gasteiger partial charge in [-0.3, -0.25) is 4.79 Å². The molecule has 1 aromatic carbocycles. The normalized spacial score (nSPS) is 18.7. The van der Waals surface area contributed by atoms with Crippen molar-refractivity contribution >= 4 is 55.6 Å². The van der Waals surface area contributed by atoms with Crippen molar-refractivity contribution in [2.75, 3.05) is 24.7 Å². The van der Waals surface area contributed by atoms with Crippen molar-refractivity contribution in [3.05, 3.63) is 33.6 Å². The summed E-state index contributed by atoms with van der Waals surface area (Å²) in [5, 5.41) is 6.05. The summed E-state index contributed by atoms with van der Waals surface area (Å²) in [6, 6.07) is 5.14. The zero-order valence-electron chi connectivity index (χ0n) is 13.9. The van der Waals surface area contributed by atoms with Crippen molar-refractivity contribution in [1.82, 2.24) is 9.29 Å². The zero-order valence-corrected chi connectivity index (χ0v) is 17.1. The second-order valence-corrected chi connectivity index (χ2v) is 9.80. The first-order valence-corrected chi connectivity index (χ1v) is 11.4. The highest BCUT2D eigenvalue weighted by atomic mass is 35.5. The monoisotopic (exact) mass is 433 g/mol. The minimum Gasteiger partial charge on any atom is -0.302 e. The topological polar surface area (TPSA) is 79.4 Å². The Morgan fingerprint density at radius 1 is 1.38 bits per heavy atom. The van der Waals surface area contributed by atoms with Gasteiger partial charge in [-0.1, -0.05) is 23.2 Å². The van der Waals surface area contributed by atoms with Crippen molar-refractivity contribution in [3.63, 3.8) is 0 Å². The average Bonchev–Trinajstić information content (AvgIpc) is 3.02. The lowest BCUT2D eigenvalue weighted by Crippen LogP contribution is -2.43. The van der Waals surface area contributed by atoms with Crippen molar-refractivity contribution in [2.24, 2.45) is 5.92 Å². The van der Waals surface area contributed by atoms with Gasteiger partial charge in [0.2, 0.25) is 15.9 Å². The Morgan fingerprint density at radius 3 is 2.85 bits per heavy atom. The van der Waals surface area contributed by atoms with E-state index in [1.54, 1.807) is 23.6 Å². The Hall–Kier alpha value is -1.19. The summed E-state index contributed by atoms with van der Waals surface area (Å²) in [6.45, 7) is 0.658. The third-order valence-corrected chi connectivity index (χ3v) is 6.74. The summed E-state index contributed by atoms with van der Waals surface area (Å²) in [6.07, 6.45) is 2.48. The number of amides is 1. The quantitative estimate of drug-likeness (QED) is 0.796. The Kier molecular flexibility index (Phi) is 5.88. The van der Waals surface area contributed by atoms with Gasteiger partial charge in [0.1, 0.15) is 0 Å². The summed E-state index contributed by atoms with van der Waals surface area (Å²) in [5.41, 5.74) is 1.38. The maximum absolute atomic E-state index is 12.5. The molecule has 1 aromatic heterocycles. The number of piperidine rings is 1. The minimum atomic E-state index is -3.29. The van der Waals surface area contributed by atoms with E-state index in [0.29, 0.717) is 40.3 Å². The number of nitrogens with one attached hydrogen (secondary N) is 1. The van der Waals surface area contributed by atoms with Crippen LogP contribution >= 0.6 is 34.5 Å². The fraction of sp³-hybridized carbons (Fsp3) is 0.375.